The van der Waals surface area contributed by atoms with E-state index in [-0.39, 0.29) is 19.0 Å². The van der Waals surface area contributed by atoms with Crippen molar-refractivity contribution in [2.45, 2.75) is 19.4 Å². The molecule has 0 saturated carbocycles. The Morgan fingerprint density at radius 3 is 2.90 bits per heavy atom. The highest BCUT2D eigenvalue weighted by Crippen LogP contribution is 2.32. The standard InChI is InChI=1S/C19H22FN5O3S/c1-12-9-23(7-5-13(12)4-6-21)17-3-2-14(8-16(17)20)24-10-15(28-19(24)27)11-25(29)18(22)26/h2-4,8,12,15,29H,5,7,9-11H2,1H3,(H2,22,26). The Labute approximate surface area is 173 Å². The number of nitrogens with zero attached hydrogens (tertiary/aromatic N) is 4. The van der Waals surface area contributed by atoms with Crippen molar-refractivity contribution in [1.82, 2.24) is 4.31 Å². The fourth-order valence-electron chi connectivity index (χ4n) is 3.60. The van der Waals surface area contributed by atoms with Crippen molar-refractivity contribution in [3.05, 3.63) is 35.7 Å². The lowest BCUT2D eigenvalue weighted by Crippen LogP contribution is -2.36. The molecule has 2 N–H and O–H groups in total. The highest BCUT2D eigenvalue weighted by molar-refractivity contribution is 7.78. The zero-order valence-corrected chi connectivity index (χ0v) is 16.8. The molecule has 1 aromatic carbocycles. The lowest BCUT2D eigenvalue weighted by molar-refractivity contribution is 0.132. The van der Waals surface area contributed by atoms with Crippen LogP contribution in [0, 0.1) is 23.1 Å². The monoisotopic (exact) mass is 419 g/mol. The van der Waals surface area contributed by atoms with Gasteiger partial charge in [-0.3, -0.25) is 9.21 Å². The second kappa shape index (κ2) is 8.61. The quantitative estimate of drug-likeness (QED) is 0.577. The molecule has 0 spiro atoms. The number of hydrogen-bond acceptors (Lipinski definition) is 6. The maximum absolute atomic E-state index is 14.8. The third-order valence-electron chi connectivity index (χ3n) is 5.14. The van der Waals surface area contributed by atoms with Gasteiger partial charge in [0.2, 0.25) is 0 Å². The lowest BCUT2D eigenvalue weighted by atomic mass is 9.92. The summed E-state index contributed by atoms with van der Waals surface area (Å²) in [5.41, 5.74) is 7.02. The number of carbonyl (C=O) groups is 2. The number of carbonyl (C=O) groups excluding carboxylic acids is 2. The van der Waals surface area contributed by atoms with Gasteiger partial charge in [0.1, 0.15) is 11.9 Å². The number of anilines is 2. The molecule has 2 saturated heterocycles. The summed E-state index contributed by atoms with van der Waals surface area (Å²) in [4.78, 5) is 26.5. The number of nitrogens with two attached hydrogens (primary N) is 1. The molecule has 0 radical (unpaired) electrons. The van der Waals surface area contributed by atoms with Crippen molar-refractivity contribution < 1.29 is 18.7 Å². The lowest BCUT2D eigenvalue weighted by Gasteiger charge is -2.34. The van der Waals surface area contributed by atoms with Crippen LogP contribution in [0.15, 0.2) is 29.8 Å². The molecule has 2 heterocycles. The summed E-state index contributed by atoms with van der Waals surface area (Å²) < 4.78 is 21.0. The SMILES string of the molecule is CC1CN(c2ccc(N3CC(CN(S)C(N)=O)OC3=O)cc2F)CCC1=CC#N. The number of rotatable bonds is 4. The van der Waals surface area contributed by atoms with Crippen LogP contribution in [0.25, 0.3) is 0 Å². The molecule has 0 aromatic heterocycles. The van der Waals surface area contributed by atoms with E-state index in [9.17, 15) is 14.0 Å². The molecule has 29 heavy (non-hydrogen) atoms. The normalized spacial score (nSPS) is 23.1. The molecule has 2 atom stereocenters. The predicted molar refractivity (Wildman–Crippen MR) is 109 cm³/mol. The van der Waals surface area contributed by atoms with E-state index in [0.29, 0.717) is 30.9 Å². The zero-order chi connectivity index (χ0) is 21.1. The highest BCUT2D eigenvalue weighted by Gasteiger charge is 2.34. The van der Waals surface area contributed by atoms with E-state index >= 15 is 0 Å². The van der Waals surface area contributed by atoms with Crippen LogP contribution in [0.2, 0.25) is 0 Å². The number of nitriles is 1. The fourth-order valence-corrected chi connectivity index (χ4v) is 3.78. The van der Waals surface area contributed by atoms with Crippen LogP contribution in [0.1, 0.15) is 13.3 Å². The van der Waals surface area contributed by atoms with Crippen molar-refractivity contribution in [1.29, 1.82) is 5.26 Å². The average Bonchev–Trinajstić information content (AvgIpc) is 3.03. The van der Waals surface area contributed by atoms with Gasteiger partial charge in [-0.05, 0) is 30.5 Å². The van der Waals surface area contributed by atoms with Gasteiger partial charge < -0.3 is 15.4 Å². The smallest absolute Gasteiger partial charge is 0.414 e. The van der Waals surface area contributed by atoms with E-state index in [1.165, 1.54) is 11.0 Å². The summed E-state index contributed by atoms with van der Waals surface area (Å²) >= 11 is 3.92. The van der Waals surface area contributed by atoms with Crippen LogP contribution in [0.4, 0.5) is 25.4 Å². The van der Waals surface area contributed by atoms with Gasteiger partial charge in [-0.15, -0.1) is 0 Å². The Morgan fingerprint density at radius 2 is 2.28 bits per heavy atom. The molecule has 2 aliphatic rings. The number of ether oxygens (including phenoxy) is 1. The first-order chi connectivity index (χ1) is 13.8. The molecule has 3 rings (SSSR count). The molecule has 0 aliphatic carbocycles. The average molecular weight is 419 g/mol. The zero-order valence-electron chi connectivity index (χ0n) is 15.9. The summed E-state index contributed by atoms with van der Waals surface area (Å²) in [6, 6.07) is 5.93. The summed E-state index contributed by atoms with van der Waals surface area (Å²) in [7, 11) is 0. The van der Waals surface area contributed by atoms with Crippen LogP contribution >= 0.6 is 12.8 Å². The molecule has 2 unspecified atom stereocenters. The minimum Gasteiger partial charge on any atom is -0.442 e. The minimum absolute atomic E-state index is 0.0332. The van der Waals surface area contributed by atoms with Crippen molar-refractivity contribution in [3.8, 4) is 6.07 Å². The number of halogens is 1. The van der Waals surface area contributed by atoms with Crippen LogP contribution in [-0.4, -0.2) is 48.7 Å². The van der Waals surface area contributed by atoms with Gasteiger partial charge in [0.05, 0.1) is 30.5 Å². The molecular weight excluding hydrogens is 397 g/mol. The number of benzene rings is 1. The third kappa shape index (κ3) is 4.56. The number of primary amides is 1. The predicted octanol–water partition coefficient (Wildman–Crippen LogP) is 2.67. The number of hydrogen-bond donors (Lipinski definition) is 2. The molecule has 8 nitrogen and oxygen atoms in total. The first kappa shape index (κ1) is 20.8. The molecule has 2 fully saturated rings. The summed E-state index contributed by atoms with van der Waals surface area (Å²) in [6.07, 6.45) is 1.05. The largest absolute Gasteiger partial charge is 0.442 e. The second-order valence-corrected chi connectivity index (χ2v) is 7.60. The van der Waals surface area contributed by atoms with Gasteiger partial charge in [0, 0.05) is 19.2 Å². The van der Waals surface area contributed by atoms with Crippen LogP contribution < -0.4 is 15.5 Å². The Bertz CT molecular complexity index is 887. The summed E-state index contributed by atoms with van der Waals surface area (Å²) in [6.45, 7) is 3.44. The fraction of sp³-hybridized carbons (Fsp3) is 0.421. The molecule has 1 aromatic rings. The minimum atomic E-state index is -0.748. The number of piperidine rings is 1. The topological polar surface area (TPSA) is 103 Å². The third-order valence-corrected chi connectivity index (χ3v) is 5.50. The molecule has 3 amide bonds. The van der Waals surface area contributed by atoms with E-state index in [2.05, 4.69) is 18.9 Å². The van der Waals surface area contributed by atoms with Crippen molar-refractivity contribution in [2.75, 3.05) is 36.0 Å². The van der Waals surface area contributed by atoms with E-state index in [1.54, 1.807) is 18.2 Å². The van der Waals surface area contributed by atoms with Crippen molar-refractivity contribution >= 4 is 36.3 Å². The van der Waals surface area contributed by atoms with E-state index < -0.39 is 24.0 Å². The maximum atomic E-state index is 14.8. The van der Waals surface area contributed by atoms with Gasteiger partial charge in [-0.2, -0.15) is 5.26 Å². The molecule has 154 valence electrons. The van der Waals surface area contributed by atoms with Gasteiger partial charge >= 0.3 is 12.1 Å². The molecule has 10 heteroatoms. The summed E-state index contributed by atoms with van der Waals surface area (Å²) in [5.74, 6) is -0.280. The molecular formula is C19H22FN5O3S. The van der Waals surface area contributed by atoms with Crippen molar-refractivity contribution in [2.24, 2.45) is 11.7 Å². The van der Waals surface area contributed by atoms with Gasteiger partial charge in [-0.1, -0.05) is 25.3 Å². The Hall–Kier alpha value is -2.93. The number of amides is 3. The van der Waals surface area contributed by atoms with Crippen molar-refractivity contribution in [3.63, 3.8) is 0 Å². The first-order valence-electron chi connectivity index (χ1n) is 9.17. The second-order valence-electron chi connectivity index (χ2n) is 7.12. The highest BCUT2D eigenvalue weighted by atomic mass is 32.1. The number of thiol groups is 1. The number of cyclic esters (lactones) is 1. The van der Waals surface area contributed by atoms with Crippen LogP contribution in [-0.2, 0) is 4.74 Å². The van der Waals surface area contributed by atoms with E-state index in [0.717, 1.165) is 9.88 Å². The molecule has 2 aliphatic heterocycles. The van der Waals surface area contributed by atoms with E-state index in [4.69, 9.17) is 15.7 Å². The Balaban J connectivity index is 1.70. The number of urea groups is 1. The summed E-state index contributed by atoms with van der Waals surface area (Å²) in [5, 5.41) is 8.84. The maximum Gasteiger partial charge on any atom is 0.414 e. The Morgan fingerprint density at radius 1 is 1.52 bits per heavy atom. The van der Waals surface area contributed by atoms with Crippen LogP contribution in [0.3, 0.4) is 0 Å². The molecule has 0 bridgehead atoms. The van der Waals surface area contributed by atoms with E-state index in [1.807, 2.05) is 11.8 Å². The van der Waals surface area contributed by atoms with Gasteiger partial charge in [0.25, 0.3) is 0 Å². The number of allylic oxidation sites excluding steroid dienone is 1. The van der Waals surface area contributed by atoms with Crippen LogP contribution in [0.5, 0.6) is 0 Å². The van der Waals surface area contributed by atoms with Gasteiger partial charge in [-0.25, -0.2) is 14.0 Å². The van der Waals surface area contributed by atoms with Gasteiger partial charge in [0.15, 0.2) is 0 Å². The first-order valence-corrected chi connectivity index (χ1v) is 9.57. The Kier molecular flexibility index (Phi) is 6.17.